The monoisotopic (exact) mass is 362 g/mol. The van der Waals surface area contributed by atoms with Gasteiger partial charge in [-0.1, -0.05) is 0 Å². The van der Waals surface area contributed by atoms with Crippen LogP contribution in [0.2, 0.25) is 0 Å². The molecule has 1 aromatic heterocycles. The third-order valence-corrected chi connectivity index (χ3v) is 5.40. The number of hydrogen-bond donors (Lipinski definition) is 2. The molecule has 2 saturated heterocycles. The summed E-state index contributed by atoms with van der Waals surface area (Å²) in [6, 6.07) is 1.29. The van der Waals surface area contributed by atoms with Crippen molar-refractivity contribution in [2.24, 2.45) is 7.05 Å². The van der Waals surface area contributed by atoms with Crippen molar-refractivity contribution in [2.75, 3.05) is 13.1 Å². The number of amides is 2. The topological polar surface area (TPSA) is 76.0 Å². The van der Waals surface area contributed by atoms with Gasteiger partial charge in [-0.25, -0.2) is 8.78 Å². The molecular formula is C18H20F2N4O2. The Balaban J connectivity index is 1.83. The fourth-order valence-electron chi connectivity index (χ4n) is 4.10. The van der Waals surface area contributed by atoms with Gasteiger partial charge in [-0.3, -0.25) is 19.6 Å². The van der Waals surface area contributed by atoms with Crippen molar-refractivity contribution in [3.05, 3.63) is 29.0 Å². The number of aryl methyl sites for hydroxylation is 1. The number of carbonyl (C=O) groups excluding carboxylic acids is 2. The van der Waals surface area contributed by atoms with Crippen LogP contribution >= 0.6 is 0 Å². The van der Waals surface area contributed by atoms with E-state index in [0.29, 0.717) is 23.9 Å². The van der Waals surface area contributed by atoms with Gasteiger partial charge in [0.1, 0.15) is 11.3 Å². The number of nitrogens with zero attached hydrogens (tertiary/aromatic N) is 2. The average Bonchev–Trinajstić information content (AvgIpc) is 2.92. The number of benzene rings is 1. The van der Waals surface area contributed by atoms with Gasteiger partial charge in [0.25, 0.3) is 0 Å². The summed E-state index contributed by atoms with van der Waals surface area (Å²) in [7, 11) is 1.59. The quantitative estimate of drug-likeness (QED) is 0.800. The molecule has 2 aliphatic rings. The first-order valence-electron chi connectivity index (χ1n) is 8.86. The molecule has 2 N–H and O–H groups in total. The third-order valence-electron chi connectivity index (χ3n) is 5.40. The third kappa shape index (κ3) is 2.68. The average molecular weight is 362 g/mol. The maximum absolute atomic E-state index is 15.2. The van der Waals surface area contributed by atoms with Crippen LogP contribution in [0.3, 0.4) is 0 Å². The zero-order chi connectivity index (χ0) is 18.4. The summed E-state index contributed by atoms with van der Waals surface area (Å²) in [5, 5.41) is 10.1. The predicted molar refractivity (Wildman–Crippen MR) is 90.6 cm³/mol. The zero-order valence-corrected chi connectivity index (χ0v) is 14.4. The summed E-state index contributed by atoms with van der Waals surface area (Å²) in [6.45, 7) is 1.46. The fraction of sp³-hybridized carbons (Fsp3) is 0.500. The number of fused-ring (bicyclic) bond motifs is 1. The van der Waals surface area contributed by atoms with Crippen molar-refractivity contribution in [3.8, 4) is 0 Å². The Labute approximate surface area is 148 Å². The lowest BCUT2D eigenvalue weighted by Crippen LogP contribution is -2.39. The molecule has 2 fully saturated rings. The van der Waals surface area contributed by atoms with E-state index in [-0.39, 0.29) is 35.7 Å². The molecule has 1 atom stereocenters. The van der Waals surface area contributed by atoms with Gasteiger partial charge in [0.2, 0.25) is 11.8 Å². The number of imide groups is 1. The highest BCUT2D eigenvalue weighted by molar-refractivity contribution is 6.02. The summed E-state index contributed by atoms with van der Waals surface area (Å²) in [6.07, 6.45) is 1.83. The van der Waals surface area contributed by atoms with Crippen LogP contribution in [-0.2, 0) is 16.6 Å². The van der Waals surface area contributed by atoms with E-state index in [0.717, 1.165) is 13.1 Å². The number of carbonyl (C=O) groups is 2. The molecule has 2 aromatic rings. The number of halogens is 2. The molecule has 2 amide bonds. The van der Waals surface area contributed by atoms with E-state index in [1.165, 1.54) is 10.7 Å². The molecule has 6 nitrogen and oxygen atoms in total. The lowest BCUT2D eigenvalue weighted by Gasteiger charge is -2.24. The summed E-state index contributed by atoms with van der Waals surface area (Å²) >= 11 is 0. The highest BCUT2D eigenvalue weighted by Gasteiger charge is 2.34. The lowest BCUT2D eigenvalue weighted by molar-refractivity contribution is -0.134. The summed E-state index contributed by atoms with van der Waals surface area (Å²) in [4.78, 5) is 23.5. The van der Waals surface area contributed by atoms with Crippen LogP contribution < -0.4 is 10.6 Å². The van der Waals surface area contributed by atoms with Gasteiger partial charge in [0.15, 0.2) is 5.82 Å². The maximum atomic E-state index is 15.2. The number of piperidine rings is 2. The molecule has 138 valence electrons. The highest BCUT2D eigenvalue weighted by Crippen LogP contribution is 2.37. The Morgan fingerprint density at radius 2 is 1.92 bits per heavy atom. The first kappa shape index (κ1) is 17.1. The van der Waals surface area contributed by atoms with Gasteiger partial charge in [0, 0.05) is 24.4 Å². The van der Waals surface area contributed by atoms with E-state index in [4.69, 9.17) is 0 Å². The highest BCUT2D eigenvalue weighted by atomic mass is 19.1. The van der Waals surface area contributed by atoms with E-state index in [1.54, 1.807) is 7.05 Å². The van der Waals surface area contributed by atoms with Crippen LogP contribution in [0.15, 0.2) is 6.07 Å². The molecule has 0 bridgehead atoms. The number of aromatic nitrogens is 2. The number of hydrogen-bond acceptors (Lipinski definition) is 4. The molecule has 0 spiro atoms. The molecule has 0 saturated carbocycles. The van der Waals surface area contributed by atoms with E-state index in [9.17, 15) is 14.0 Å². The first-order chi connectivity index (χ1) is 12.5. The van der Waals surface area contributed by atoms with Crippen molar-refractivity contribution in [3.63, 3.8) is 0 Å². The lowest BCUT2D eigenvalue weighted by atomic mass is 9.87. The van der Waals surface area contributed by atoms with Gasteiger partial charge in [-0.15, -0.1) is 0 Å². The van der Waals surface area contributed by atoms with Crippen molar-refractivity contribution < 1.29 is 18.4 Å². The first-order valence-corrected chi connectivity index (χ1v) is 8.86. The molecule has 3 heterocycles. The van der Waals surface area contributed by atoms with Crippen LogP contribution in [-0.4, -0.2) is 34.7 Å². The van der Waals surface area contributed by atoms with Gasteiger partial charge < -0.3 is 5.32 Å². The van der Waals surface area contributed by atoms with Gasteiger partial charge >= 0.3 is 0 Å². The summed E-state index contributed by atoms with van der Waals surface area (Å²) in [5.74, 6) is -2.85. The van der Waals surface area contributed by atoms with Crippen LogP contribution in [0.5, 0.6) is 0 Å². The molecular weight excluding hydrogens is 342 g/mol. The minimum Gasteiger partial charge on any atom is -0.317 e. The molecule has 8 heteroatoms. The number of rotatable bonds is 2. The van der Waals surface area contributed by atoms with E-state index in [2.05, 4.69) is 15.7 Å². The maximum Gasteiger partial charge on any atom is 0.235 e. The summed E-state index contributed by atoms with van der Waals surface area (Å²) in [5.41, 5.74) is 0.638. The fourth-order valence-corrected chi connectivity index (χ4v) is 4.10. The van der Waals surface area contributed by atoms with Crippen molar-refractivity contribution in [1.82, 2.24) is 20.4 Å². The Kier molecular flexibility index (Phi) is 4.22. The minimum atomic E-state index is -0.681. The SMILES string of the molecule is Cn1nc(C2CCC(=O)NC2=O)c2cc(F)c(C3CCNCC3)c(F)c21. The van der Waals surface area contributed by atoms with Crippen molar-refractivity contribution in [2.45, 2.75) is 37.5 Å². The van der Waals surface area contributed by atoms with Gasteiger partial charge in [-0.2, -0.15) is 5.10 Å². The zero-order valence-electron chi connectivity index (χ0n) is 14.4. The van der Waals surface area contributed by atoms with Crippen LogP contribution in [0, 0.1) is 11.6 Å². The summed E-state index contributed by atoms with van der Waals surface area (Å²) < 4.78 is 31.4. The molecule has 4 rings (SSSR count). The molecule has 26 heavy (non-hydrogen) atoms. The smallest absolute Gasteiger partial charge is 0.235 e. The number of nitrogens with one attached hydrogen (secondary N) is 2. The van der Waals surface area contributed by atoms with E-state index < -0.39 is 23.5 Å². The molecule has 1 aromatic carbocycles. The molecule has 0 radical (unpaired) electrons. The van der Waals surface area contributed by atoms with E-state index in [1.807, 2.05) is 0 Å². The molecule has 0 aliphatic carbocycles. The standard InChI is InChI=1S/C18H20F2N4O2/c1-24-17-11(16(23-24)10-2-3-13(25)22-18(10)26)8-12(19)14(15(17)20)9-4-6-21-7-5-9/h8-10,21H,2-7H2,1H3,(H,22,25,26). The second-order valence-corrected chi connectivity index (χ2v) is 7.02. The Morgan fingerprint density at radius 1 is 1.19 bits per heavy atom. The van der Waals surface area contributed by atoms with Crippen LogP contribution in [0.4, 0.5) is 8.78 Å². The second kappa shape index (κ2) is 6.42. The van der Waals surface area contributed by atoms with E-state index >= 15 is 4.39 Å². The molecule has 2 aliphatic heterocycles. The van der Waals surface area contributed by atoms with Crippen LogP contribution in [0.25, 0.3) is 10.9 Å². The normalized spacial score (nSPS) is 22.0. The van der Waals surface area contributed by atoms with Gasteiger partial charge in [-0.05, 0) is 44.3 Å². The second-order valence-electron chi connectivity index (χ2n) is 7.02. The largest absolute Gasteiger partial charge is 0.317 e. The predicted octanol–water partition coefficient (Wildman–Crippen LogP) is 1.84. The van der Waals surface area contributed by atoms with Crippen molar-refractivity contribution in [1.29, 1.82) is 0 Å². The van der Waals surface area contributed by atoms with Gasteiger partial charge in [0.05, 0.1) is 11.6 Å². The van der Waals surface area contributed by atoms with Crippen molar-refractivity contribution >= 4 is 22.7 Å². The Hall–Kier alpha value is -2.35. The molecule has 1 unspecified atom stereocenters. The Bertz CT molecular complexity index is 902. The minimum absolute atomic E-state index is 0.108. The van der Waals surface area contributed by atoms with Crippen LogP contribution in [0.1, 0.15) is 48.8 Å². The Morgan fingerprint density at radius 3 is 2.62 bits per heavy atom.